The van der Waals surface area contributed by atoms with E-state index in [9.17, 15) is 13.2 Å². The standard InChI is InChI=1S/C25H31N3O3S/c1-16(2)28-32(30,31)15-20-7-5-4-6-19(20)14-26-25(29)18-9-11-24-22(13-18)21-12-17(3)8-10-23(21)27-24/h4-7,9,11,13,16-17,27-28H,8,10,12,14-15H2,1-3H3,(H,26,29)/t17-/m0/s1. The molecule has 1 aromatic heterocycles. The van der Waals surface area contributed by atoms with Crippen LogP contribution in [0.25, 0.3) is 10.9 Å². The van der Waals surface area contributed by atoms with Crippen LogP contribution in [0.2, 0.25) is 0 Å². The first-order valence-electron chi connectivity index (χ1n) is 11.2. The summed E-state index contributed by atoms with van der Waals surface area (Å²) in [6, 6.07) is 12.9. The summed E-state index contributed by atoms with van der Waals surface area (Å²) in [5.41, 5.74) is 5.80. The van der Waals surface area contributed by atoms with E-state index in [0.717, 1.165) is 29.3 Å². The molecule has 0 bridgehead atoms. The average molecular weight is 454 g/mol. The molecule has 1 atom stereocenters. The van der Waals surface area contributed by atoms with E-state index in [1.165, 1.54) is 17.7 Å². The number of carbonyl (C=O) groups is 1. The van der Waals surface area contributed by atoms with E-state index in [1.807, 2.05) is 36.4 Å². The van der Waals surface area contributed by atoms with Gasteiger partial charge in [0, 0.05) is 34.7 Å². The van der Waals surface area contributed by atoms with E-state index < -0.39 is 10.0 Å². The minimum absolute atomic E-state index is 0.114. The van der Waals surface area contributed by atoms with Gasteiger partial charge in [-0.15, -0.1) is 0 Å². The van der Waals surface area contributed by atoms with Crippen molar-refractivity contribution in [2.45, 2.75) is 58.4 Å². The molecule has 1 heterocycles. The molecule has 1 aliphatic rings. The molecule has 0 unspecified atom stereocenters. The number of aryl methyl sites for hydroxylation is 1. The van der Waals surface area contributed by atoms with Crippen molar-refractivity contribution in [2.75, 3.05) is 0 Å². The molecule has 1 aliphatic carbocycles. The molecule has 0 radical (unpaired) electrons. The van der Waals surface area contributed by atoms with Crippen molar-refractivity contribution in [1.82, 2.24) is 15.0 Å². The Balaban J connectivity index is 1.50. The fraction of sp³-hybridized carbons (Fsp3) is 0.400. The topological polar surface area (TPSA) is 91.1 Å². The van der Waals surface area contributed by atoms with Crippen molar-refractivity contribution in [3.63, 3.8) is 0 Å². The Hall–Kier alpha value is -2.64. The smallest absolute Gasteiger partial charge is 0.251 e. The summed E-state index contributed by atoms with van der Waals surface area (Å²) in [5.74, 6) is 0.372. The van der Waals surface area contributed by atoms with Crippen LogP contribution in [0.4, 0.5) is 0 Å². The van der Waals surface area contributed by atoms with Gasteiger partial charge in [-0.25, -0.2) is 13.1 Å². The highest BCUT2D eigenvalue weighted by molar-refractivity contribution is 7.88. The normalized spacial score (nSPS) is 16.3. The molecule has 32 heavy (non-hydrogen) atoms. The fourth-order valence-corrected chi connectivity index (χ4v) is 5.98. The summed E-state index contributed by atoms with van der Waals surface area (Å²) < 4.78 is 27.3. The number of hydrogen-bond acceptors (Lipinski definition) is 3. The van der Waals surface area contributed by atoms with Gasteiger partial charge in [0.25, 0.3) is 5.91 Å². The van der Waals surface area contributed by atoms with Crippen molar-refractivity contribution < 1.29 is 13.2 Å². The first kappa shape index (κ1) is 22.6. The van der Waals surface area contributed by atoms with Crippen molar-refractivity contribution in [2.24, 2.45) is 5.92 Å². The number of rotatable bonds is 7. The maximum Gasteiger partial charge on any atom is 0.251 e. The van der Waals surface area contributed by atoms with Crippen molar-refractivity contribution >= 4 is 26.8 Å². The lowest BCUT2D eigenvalue weighted by Gasteiger charge is -2.18. The molecule has 3 aromatic rings. The number of aromatic nitrogens is 1. The van der Waals surface area contributed by atoms with Crippen LogP contribution in [0.15, 0.2) is 42.5 Å². The van der Waals surface area contributed by atoms with Crippen LogP contribution in [0.1, 0.15) is 59.9 Å². The monoisotopic (exact) mass is 453 g/mol. The van der Waals surface area contributed by atoms with E-state index in [4.69, 9.17) is 0 Å². The van der Waals surface area contributed by atoms with Crippen molar-refractivity contribution in [3.8, 4) is 0 Å². The number of H-pyrrole nitrogens is 1. The van der Waals surface area contributed by atoms with Crippen LogP contribution in [-0.2, 0) is 35.2 Å². The highest BCUT2D eigenvalue weighted by Crippen LogP contribution is 2.32. The van der Waals surface area contributed by atoms with E-state index in [0.29, 0.717) is 17.0 Å². The summed E-state index contributed by atoms with van der Waals surface area (Å²) in [5, 5.41) is 4.09. The number of carbonyl (C=O) groups excluding carboxylic acids is 1. The summed E-state index contributed by atoms with van der Waals surface area (Å²) in [7, 11) is -3.44. The van der Waals surface area contributed by atoms with Crippen LogP contribution in [0, 0.1) is 5.92 Å². The summed E-state index contributed by atoms with van der Waals surface area (Å²) in [6.07, 6.45) is 3.28. The van der Waals surface area contributed by atoms with Gasteiger partial charge in [0.2, 0.25) is 10.0 Å². The molecule has 1 amide bonds. The summed E-state index contributed by atoms with van der Waals surface area (Å²) >= 11 is 0. The van der Waals surface area contributed by atoms with Gasteiger partial charge >= 0.3 is 0 Å². The SMILES string of the molecule is CC(C)NS(=O)(=O)Cc1ccccc1CNC(=O)c1ccc2[nH]c3c(c2c1)C[C@@H](C)CC3. The molecule has 0 saturated heterocycles. The molecule has 4 rings (SSSR count). The number of aromatic amines is 1. The van der Waals surface area contributed by atoms with E-state index >= 15 is 0 Å². The minimum Gasteiger partial charge on any atom is -0.358 e. The largest absolute Gasteiger partial charge is 0.358 e. The summed E-state index contributed by atoms with van der Waals surface area (Å²) in [6.45, 7) is 6.13. The fourth-order valence-electron chi connectivity index (χ4n) is 4.49. The van der Waals surface area contributed by atoms with Gasteiger partial charge < -0.3 is 10.3 Å². The molecule has 0 aliphatic heterocycles. The molecule has 7 heteroatoms. The van der Waals surface area contributed by atoms with Gasteiger partial charge in [-0.2, -0.15) is 0 Å². The van der Waals surface area contributed by atoms with Crippen molar-refractivity contribution in [3.05, 3.63) is 70.4 Å². The third-order valence-electron chi connectivity index (χ3n) is 6.01. The van der Waals surface area contributed by atoms with Crippen molar-refractivity contribution in [1.29, 1.82) is 0 Å². The Kier molecular flexibility index (Phi) is 6.40. The molecular weight excluding hydrogens is 422 g/mol. The van der Waals surface area contributed by atoms with Gasteiger partial charge in [-0.3, -0.25) is 4.79 Å². The van der Waals surface area contributed by atoms with Gasteiger partial charge in [0.15, 0.2) is 0 Å². The third kappa shape index (κ3) is 5.05. The Bertz CT molecular complexity index is 1240. The van der Waals surface area contributed by atoms with E-state index in [-0.39, 0.29) is 24.2 Å². The van der Waals surface area contributed by atoms with Gasteiger partial charge in [-0.1, -0.05) is 31.2 Å². The number of sulfonamides is 1. The molecule has 2 aromatic carbocycles. The predicted molar refractivity (Wildman–Crippen MR) is 128 cm³/mol. The molecule has 3 N–H and O–H groups in total. The number of benzene rings is 2. The molecule has 0 fully saturated rings. The lowest BCUT2D eigenvalue weighted by atomic mass is 9.87. The molecular formula is C25H31N3O3S. The molecule has 170 valence electrons. The molecule has 0 saturated carbocycles. The average Bonchev–Trinajstić information content (AvgIpc) is 3.08. The zero-order valence-electron chi connectivity index (χ0n) is 18.9. The molecule has 6 nitrogen and oxygen atoms in total. The van der Waals surface area contributed by atoms with Gasteiger partial charge in [0.1, 0.15) is 0 Å². The zero-order valence-corrected chi connectivity index (χ0v) is 19.7. The Morgan fingerprint density at radius 3 is 2.66 bits per heavy atom. The highest BCUT2D eigenvalue weighted by Gasteiger charge is 2.21. The maximum atomic E-state index is 12.9. The van der Waals surface area contributed by atoms with Crippen LogP contribution < -0.4 is 10.0 Å². The Morgan fingerprint density at radius 2 is 1.91 bits per heavy atom. The second-order valence-corrected chi connectivity index (χ2v) is 10.9. The second-order valence-electron chi connectivity index (χ2n) is 9.17. The highest BCUT2D eigenvalue weighted by atomic mass is 32.2. The van der Waals surface area contributed by atoms with Gasteiger partial charge in [-0.05, 0) is 73.9 Å². The van der Waals surface area contributed by atoms with Gasteiger partial charge in [0.05, 0.1) is 5.75 Å². The number of nitrogens with one attached hydrogen (secondary N) is 3. The summed E-state index contributed by atoms with van der Waals surface area (Å²) in [4.78, 5) is 16.4. The Morgan fingerprint density at radius 1 is 1.16 bits per heavy atom. The predicted octanol–water partition coefficient (Wildman–Crippen LogP) is 4.05. The van der Waals surface area contributed by atoms with Crippen LogP contribution >= 0.6 is 0 Å². The lowest BCUT2D eigenvalue weighted by Crippen LogP contribution is -2.31. The number of hydrogen-bond donors (Lipinski definition) is 3. The quantitative estimate of drug-likeness (QED) is 0.504. The maximum absolute atomic E-state index is 12.9. The zero-order chi connectivity index (χ0) is 22.9. The van der Waals surface area contributed by atoms with Crippen LogP contribution in [0.3, 0.4) is 0 Å². The first-order valence-corrected chi connectivity index (χ1v) is 12.9. The Labute approximate surface area is 189 Å². The van der Waals surface area contributed by atoms with Crippen LogP contribution in [-0.4, -0.2) is 25.4 Å². The van der Waals surface area contributed by atoms with Crippen LogP contribution in [0.5, 0.6) is 0 Å². The minimum atomic E-state index is -3.44. The number of amides is 1. The van der Waals surface area contributed by atoms with E-state index in [1.54, 1.807) is 19.9 Å². The number of fused-ring (bicyclic) bond motifs is 3. The van der Waals surface area contributed by atoms with E-state index in [2.05, 4.69) is 21.9 Å². The molecule has 0 spiro atoms. The third-order valence-corrected chi connectivity index (χ3v) is 7.54. The second kappa shape index (κ2) is 9.08. The lowest BCUT2D eigenvalue weighted by molar-refractivity contribution is 0.0951. The first-order chi connectivity index (χ1) is 15.2.